The highest BCUT2D eigenvalue weighted by molar-refractivity contribution is 5.87. The quantitative estimate of drug-likeness (QED) is 0.599. The van der Waals surface area contributed by atoms with Crippen LogP contribution in [0.15, 0.2) is 24.7 Å². The Balaban J connectivity index is 2.39. The molecular formula is C13H17N5O2. The molecule has 2 rings (SSSR count). The normalized spacial score (nSPS) is 10.6. The molecule has 7 heteroatoms. The van der Waals surface area contributed by atoms with Crippen LogP contribution in [0, 0.1) is 0 Å². The van der Waals surface area contributed by atoms with E-state index in [4.69, 9.17) is 0 Å². The summed E-state index contributed by atoms with van der Waals surface area (Å²) in [7, 11) is 3.27. The number of methoxy groups -OCH3 is 1. The van der Waals surface area contributed by atoms with E-state index in [1.807, 2.05) is 18.9 Å². The maximum absolute atomic E-state index is 11.3. The first-order valence-electron chi connectivity index (χ1n) is 6.11. The molecular weight excluding hydrogens is 258 g/mol. The predicted molar refractivity (Wildman–Crippen MR) is 75.4 cm³/mol. The summed E-state index contributed by atoms with van der Waals surface area (Å²) in [6, 6.07) is 0. The lowest BCUT2D eigenvalue weighted by Crippen LogP contribution is -2.20. The molecule has 0 atom stereocenters. The Labute approximate surface area is 116 Å². The lowest BCUT2D eigenvalue weighted by Gasteiger charge is -2.18. The third-order valence-electron chi connectivity index (χ3n) is 2.79. The van der Waals surface area contributed by atoms with Gasteiger partial charge in [-0.2, -0.15) is 5.10 Å². The highest BCUT2D eigenvalue weighted by atomic mass is 16.5. The summed E-state index contributed by atoms with van der Waals surface area (Å²) in [5.74, 6) is 0.388. The van der Waals surface area contributed by atoms with Crippen LogP contribution in [0.25, 0.3) is 11.0 Å². The second-order valence-corrected chi connectivity index (χ2v) is 4.63. The number of fused-ring (bicyclic) bond motifs is 1. The van der Waals surface area contributed by atoms with E-state index in [1.165, 1.54) is 18.1 Å². The second-order valence-electron chi connectivity index (χ2n) is 4.63. The van der Waals surface area contributed by atoms with E-state index in [2.05, 4.69) is 26.4 Å². The van der Waals surface area contributed by atoms with Crippen molar-refractivity contribution in [1.29, 1.82) is 0 Å². The zero-order valence-corrected chi connectivity index (χ0v) is 11.8. The van der Waals surface area contributed by atoms with Crippen molar-refractivity contribution in [3.63, 3.8) is 0 Å². The van der Waals surface area contributed by atoms with E-state index < -0.39 is 0 Å². The van der Waals surface area contributed by atoms with E-state index in [0.717, 1.165) is 16.8 Å². The maximum atomic E-state index is 11.3. The van der Waals surface area contributed by atoms with E-state index in [9.17, 15) is 4.79 Å². The summed E-state index contributed by atoms with van der Waals surface area (Å²) < 4.78 is 6.14. The van der Waals surface area contributed by atoms with E-state index in [0.29, 0.717) is 12.2 Å². The Morgan fingerprint density at radius 3 is 2.90 bits per heavy atom. The van der Waals surface area contributed by atoms with Crippen LogP contribution in [0.5, 0.6) is 0 Å². The van der Waals surface area contributed by atoms with Crippen LogP contribution < -0.4 is 4.90 Å². The van der Waals surface area contributed by atoms with Crippen molar-refractivity contribution >= 4 is 22.8 Å². The van der Waals surface area contributed by atoms with E-state index >= 15 is 0 Å². The summed E-state index contributed by atoms with van der Waals surface area (Å²) in [6.45, 7) is 6.56. The highest BCUT2D eigenvalue weighted by Gasteiger charge is 2.14. The molecule has 0 saturated carbocycles. The average Bonchev–Trinajstić information content (AvgIpc) is 2.81. The number of anilines is 1. The molecule has 2 aromatic rings. The topological polar surface area (TPSA) is 73.1 Å². The molecule has 2 heterocycles. The van der Waals surface area contributed by atoms with Crippen LogP contribution in [0.2, 0.25) is 0 Å². The minimum atomic E-state index is -0.370. The standard InChI is InChI=1S/C13H17N5O2/c1-9(2)6-17(3)12-10-5-16-18(7-11(19)20-4)13(10)15-8-14-12/h5,8H,1,6-7H2,2-4H3. The fourth-order valence-corrected chi connectivity index (χ4v) is 1.97. The van der Waals surface area contributed by atoms with Gasteiger partial charge >= 0.3 is 5.97 Å². The van der Waals surface area contributed by atoms with Crippen LogP contribution >= 0.6 is 0 Å². The average molecular weight is 275 g/mol. The minimum Gasteiger partial charge on any atom is -0.468 e. The zero-order valence-electron chi connectivity index (χ0n) is 11.8. The molecule has 0 spiro atoms. The minimum absolute atomic E-state index is 0.0284. The van der Waals surface area contributed by atoms with Crippen LogP contribution in [0.4, 0.5) is 5.82 Å². The molecule has 0 amide bonds. The van der Waals surface area contributed by atoms with Gasteiger partial charge in [-0.3, -0.25) is 4.79 Å². The van der Waals surface area contributed by atoms with Crippen LogP contribution in [-0.2, 0) is 16.1 Å². The largest absolute Gasteiger partial charge is 0.468 e. The van der Waals surface area contributed by atoms with Gasteiger partial charge < -0.3 is 9.64 Å². The van der Waals surface area contributed by atoms with Crippen molar-refractivity contribution < 1.29 is 9.53 Å². The van der Waals surface area contributed by atoms with Crippen molar-refractivity contribution in [2.24, 2.45) is 0 Å². The summed E-state index contributed by atoms with van der Waals surface area (Å²) in [5, 5.41) is 4.96. The van der Waals surface area contributed by atoms with Gasteiger partial charge in [0.2, 0.25) is 0 Å². The van der Waals surface area contributed by atoms with Crippen molar-refractivity contribution in [3.8, 4) is 0 Å². The molecule has 20 heavy (non-hydrogen) atoms. The third kappa shape index (κ3) is 2.76. The zero-order chi connectivity index (χ0) is 14.7. The third-order valence-corrected chi connectivity index (χ3v) is 2.79. The smallest absolute Gasteiger partial charge is 0.327 e. The number of nitrogens with zero attached hydrogens (tertiary/aromatic N) is 5. The number of aromatic nitrogens is 4. The number of carbonyl (C=O) groups excluding carboxylic acids is 1. The highest BCUT2D eigenvalue weighted by Crippen LogP contribution is 2.21. The molecule has 0 aliphatic heterocycles. The number of likely N-dealkylation sites (N-methyl/N-ethyl adjacent to an activating group) is 1. The number of carbonyl (C=O) groups is 1. The molecule has 0 aromatic carbocycles. The fraction of sp³-hybridized carbons (Fsp3) is 0.385. The second kappa shape index (κ2) is 5.68. The molecule has 0 N–H and O–H groups in total. The van der Waals surface area contributed by atoms with E-state index in [1.54, 1.807) is 6.20 Å². The molecule has 0 aliphatic rings. The van der Waals surface area contributed by atoms with Gasteiger partial charge in [0.15, 0.2) is 5.65 Å². The first-order chi connectivity index (χ1) is 9.52. The van der Waals surface area contributed by atoms with Gasteiger partial charge in [0.1, 0.15) is 18.7 Å². The summed E-state index contributed by atoms with van der Waals surface area (Å²) in [6.07, 6.45) is 3.12. The Morgan fingerprint density at radius 1 is 1.50 bits per heavy atom. The van der Waals surface area contributed by atoms with Gasteiger partial charge in [-0.25, -0.2) is 14.6 Å². The van der Waals surface area contributed by atoms with Gasteiger partial charge in [0.25, 0.3) is 0 Å². The Kier molecular flexibility index (Phi) is 3.97. The lowest BCUT2D eigenvalue weighted by molar-refractivity contribution is -0.141. The molecule has 0 unspecified atom stereocenters. The fourth-order valence-electron chi connectivity index (χ4n) is 1.97. The number of ether oxygens (including phenoxy) is 1. The van der Waals surface area contributed by atoms with Gasteiger partial charge in [-0.1, -0.05) is 12.2 Å². The monoisotopic (exact) mass is 275 g/mol. The molecule has 2 aromatic heterocycles. The Morgan fingerprint density at radius 2 is 2.25 bits per heavy atom. The summed E-state index contributed by atoms with van der Waals surface area (Å²) >= 11 is 0. The van der Waals surface area contributed by atoms with Crippen molar-refractivity contribution in [2.75, 3.05) is 25.6 Å². The van der Waals surface area contributed by atoms with E-state index in [-0.39, 0.29) is 12.5 Å². The van der Waals surface area contributed by atoms with Crippen molar-refractivity contribution in [3.05, 3.63) is 24.7 Å². The number of esters is 1. The number of hydrogen-bond donors (Lipinski definition) is 0. The lowest BCUT2D eigenvalue weighted by atomic mass is 10.3. The summed E-state index contributed by atoms with van der Waals surface area (Å²) in [5.41, 5.74) is 1.63. The van der Waals surface area contributed by atoms with Gasteiger partial charge in [-0.05, 0) is 6.92 Å². The maximum Gasteiger partial charge on any atom is 0.327 e. The molecule has 7 nitrogen and oxygen atoms in total. The van der Waals surface area contributed by atoms with Crippen LogP contribution in [-0.4, -0.2) is 46.4 Å². The van der Waals surface area contributed by atoms with Crippen molar-refractivity contribution in [1.82, 2.24) is 19.7 Å². The van der Waals surface area contributed by atoms with Gasteiger partial charge in [0, 0.05) is 13.6 Å². The SMILES string of the molecule is C=C(C)CN(C)c1ncnc2c1cnn2CC(=O)OC. The first kappa shape index (κ1) is 14.0. The molecule has 0 bridgehead atoms. The molecule has 0 aliphatic carbocycles. The van der Waals surface area contributed by atoms with Gasteiger partial charge in [-0.15, -0.1) is 0 Å². The van der Waals surface area contributed by atoms with Gasteiger partial charge in [0.05, 0.1) is 18.7 Å². The Hall–Kier alpha value is -2.44. The predicted octanol–water partition coefficient (Wildman–Crippen LogP) is 1.01. The van der Waals surface area contributed by atoms with Crippen LogP contribution in [0.1, 0.15) is 6.92 Å². The van der Waals surface area contributed by atoms with Crippen molar-refractivity contribution in [2.45, 2.75) is 13.5 Å². The Bertz CT molecular complexity index is 649. The molecule has 0 saturated heterocycles. The number of hydrogen-bond acceptors (Lipinski definition) is 6. The summed E-state index contributed by atoms with van der Waals surface area (Å²) in [4.78, 5) is 21.8. The van der Waals surface area contributed by atoms with Crippen LogP contribution in [0.3, 0.4) is 0 Å². The molecule has 0 radical (unpaired) electrons. The first-order valence-corrected chi connectivity index (χ1v) is 6.11. The number of rotatable bonds is 5. The molecule has 106 valence electrons. The molecule has 0 fully saturated rings.